The lowest BCUT2D eigenvalue weighted by Crippen LogP contribution is -2.33. The summed E-state index contributed by atoms with van der Waals surface area (Å²) in [5, 5.41) is 27.2. The summed E-state index contributed by atoms with van der Waals surface area (Å²) in [4.78, 5) is 0. The monoisotopic (exact) mass is 252 g/mol. The predicted octanol–water partition coefficient (Wildman–Crippen LogP) is 0.529. The molecule has 0 aliphatic rings. The first kappa shape index (κ1) is 14.6. The van der Waals surface area contributed by atoms with Crippen molar-refractivity contribution in [3.8, 4) is 0 Å². The van der Waals surface area contributed by atoms with E-state index in [1.165, 1.54) is 5.56 Å². The number of aliphatic hydroxyl groups is 2. The lowest BCUT2D eigenvalue weighted by atomic mass is 10.2. The van der Waals surface area contributed by atoms with E-state index in [0.29, 0.717) is 0 Å². The summed E-state index contributed by atoms with van der Waals surface area (Å²) < 4.78 is 1.77. The van der Waals surface area contributed by atoms with E-state index in [0.717, 1.165) is 11.0 Å². The van der Waals surface area contributed by atoms with Crippen LogP contribution in [0.25, 0.3) is 11.0 Å². The van der Waals surface area contributed by atoms with Gasteiger partial charge in [0.15, 0.2) is 0 Å². The van der Waals surface area contributed by atoms with E-state index < -0.39 is 12.5 Å². The molecule has 2 rings (SSSR count). The molecule has 0 bridgehead atoms. The highest BCUT2D eigenvalue weighted by Crippen LogP contribution is 2.10. The third kappa shape index (κ3) is 4.40. The smallest absolute Gasteiger partial charge is 0.113 e. The summed E-state index contributed by atoms with van der Waals surface area (Å²) in [6.07, 6.45) is -1.25. The normalized spacial score (nSPS) is 13.9. The van der Waals surface area contributed by atoms with E-state index in [1.807, 2.05) is 26.1 Å². The summed E-state index contributed by atoms with van der Waals surface area (Å²) in [6.45, 7) is 5.15. The summed E-state index contributed by atoms with van der Waals surface area (Å²) >= 11 is 0. The van der Waals surface area contributed by atoms with Crippen molar-refractivity contribution in [3.63, 3.8) is 0 Å². The molecule has 0 radical (unpaired) electrons. The zero-order valence-corrected chi connectivity index (χ0v) is 11.1. The van der Waals surface area contributed by atoms with Crippen LogP contribution in [0.15, 0.2) is 18.2 Å². The van der Waals surface area contributed by atoms with Crippen molar-refractivity contribution in [3.05, 3.63) is 23.8 Å². The van der Waals surface area contributed by atoms with Gasteiger partial charge in [0, 0.05) is 7.05 Å². The number of hydrogen-bond acceptors (Lipinski definition) is 5. The van der Waals surface area contributed by atoms with Crippen molar-refractivity contribution >= 4 is 11.0 Å². The molecule has 0 saturated carbocycles. The van der Waals surface area contributed by atoms with Gasteiger partial charge in [-0.2, -0.15) is 0 Å². The van der Waals surface area contributed by atoms with Crippen molar-refractivity contribution in [2.75, 3.05) is 0 Å². The Hall–Kier alpha value is -1.50. The first-order valence-electron chi connectivity index (χ1n) is 5.78. The minimum atomic E-state index is -0.625. The Bertz CT molecular complexity index is 488. The van der Waals surface area contributed by atoms with Crippen LogP contribution in [0.2, 0.25) is 0 Å². The molecule has 1 aromatic carbocycles. The van der Waals surface area contributed by atoms with Crippen molar-refractivity contribution in [2.45, 2.75) is 33.2 Å². The van der Waals surface area contributed by atoms with Gasteiger partial charge in [-0.15, -0.1) is 5.10 Å². The van der Waals surface area contributed by atoms with E-state index in [-0.39, 0.29) is 0 Å². The number of hydrogen-bond donors (Lipinski definition) is 3. The molecule has 6 heteroatoms. The largest absolute Gasteiger partial charge is 0.379 e. The van der Waals surface area contributed by atoms with E-state index in [9.17, 15) is 0 Å². The molecule has 1 heterocycles. The molecule has 2 aromatic rings. The van der Waals surface area contributed by atoms with E-state index in [2.05, 4.69) is 21.7 Å². The number of aryl methyl sites for hydroxylation is 2. The van der Waals surface area contributed by atoms with Gasteiger partial charge >= 0.3 is 0 Å². The van der Waals surface area contributed by atoms with Gasteiger partial charge in [0.25, 0.3) is 0 Å². The number of nitrogens with zero attached hydrogens (tertiary/aromatic N) is 3. The minimum Gasteiger partial charge on any atom is -0.379 e. The second-order valence-electron chi connectivity index (χ2n) is 4.22. The summed E-state index contributed by atoms with van der Waals surface area (Å²) in [5.41, 5.74) is 3.26. The first-order valence-corrected chi connectivity index (χ1v) is 5.78. The van der Waals surface area contributed by atoms with Crippen molar-refractivity contribution in [1.82, 2.24) is 20.3 Å². The molecule has 0 aliphatic carbocycles. The lowest BCUT2D eigenvalue weighted by Gasteiger charge is -2.08. The zero-order valence-electron chi connectivity index (χ0n) is 11.1. The average Bonchev–Trinajstić information content (AvgIpc) is 2.58. The van der Waals surface area contributed by atoms with Crippen LogP contribution in [0.1, 0.15) is 19.4 Å². The molecular weight excluding hydrogens is 232 g/mol. The Balaban J connectivity index is 0.000000203. The van der Waals surface area contributed by atoms with Crippen LogP contribution in [0.4, 0.5) is 0 Å². The summed E-state index contributed by atoms with van der Waals surface area (Å²) in [6, 6.07) is 6.12. The minimum absolute atomic E-state index is 0.625. The van der Waals surface area contributed by atoms with Gasteiger partial charge in [0.05, 0.1) is 5.52 Å². The fourth-order valence-corrected chi connectivity index (χ4v) is 1.50. The Morgan fingerprint density at radius 3 is 2.33 bits per heavy atom. The fourth-order valence-electron chi connectivity index (χ4n) is 1.50. The third-order valence-corrected chi connectivity index (χ3v) is 2.25. The van der Waals surface area contributed by atoms with E-state index in [4.69, 9.17) is 10.2 Å². The molecule has 2 atom stereocenters. The summed E-state index contributed by atoms with van der Waals surface area (Å²) in [7, 11) is 1.89. The van der Waals surface area contributed by atoms with Gasteiger partial charge in [-0.25, -0.2) is 4.68 Å². The van der Waals surface area contributed by atoms with Gasteiger partial charge in [-0.05, 0) is 38.5 Å². The number of aliphatic hydroxyl groups excluding tert-OH is 2. The van der Waals surface area contributed by atoms with Gasteiger partial charge in [0.1, 0.15) is 18.0 Å². The maximum Gasteiger partial charge on any atom is 0.113 e. The van der Waals surface area contributed by atoms with Gasteiger partial charge in [-0.3, -0.25) is 5.32 Å². The zero-order chi connectivity index (χ0) is 13.7. The molecule has 0 amide bonds. The van der Waals surface area contributed by atoms with Gasteiger partial charge in [0.2, 0.25) is 0 Å². The van der Waals surface area contributed by atoms with E-state index in [1.54, 1.807) is 18.5 Å². The maximum absolute atomic E-state index is 8.45. The quantitative estimate of drug-likeness (QED) is 0.679. The highest BCUT2D eigenvalue weighted by Gasteiger charge is 1.98. The van der Waals surface area contributed by atoms with Crippen LogP contribution in [0, 0.1) is 6.92 Å². The second kappa shape index (κ2) is 6.44. The maximum atomic E-state index is 8.45. The van der Waals surface area contributed by atoms with Gasteiger partial charge < -0.3 is 10.2 Å². The number of rotatable bonds is 2. The van der Waals surface area contributed by atoms with E-state index >= 15 is 0 Å². The Labute approximate surface area is 106 Å². The highest BCUT2D eigenvalue weighted by molar-refractivity contribution is 5.74. The topological polar surface area (TPSA) is 83.2 Å². The molecule has 18 heavy (non-hydrogen) atoms. The number of benzene rings is 1. The van der Waals surface area contributed by atoms with Crippen LogP contribution in [-0.2, 0) is 7.05 Å². The predicted molar refractivity (Wildman–Crippen MR) is 69.7 cm³/mol. The van der Waals surface area contributed by atoms with Crippen LogP contribution in [0.3, 0.4) is 0 Å². The van der Waals surface area contributed by atoms with Crippen molar-refractivity contribution in [1.29, 1.82) is 0 Å². The fraction of sp³-hybridized carbons (Fsp3) is 0.500. The highest BCUT2D eigenvalue weighted by atomic mass is 16.3. The van der Waals surface area contributed by atoms with Crippen molar-refractivity contribution < 1.29 is 10.2 Å². The van der Waals surface area contributed by atoms with Crippen LogP contribution < -0.4 is 5.32 Å². The van der Waals surface area contributed by atoms with Crippen LogP contribution in [-0.4, -0.2) is 37.7 Å². The Morgan fingerprint density at radius 1 is 1.22 bits per heavy atom. The van der Waals surface area contributed by atoms with Crippen LogP contribution >= 0.6 is 0 Å². The number of aromatic nitrogens is 3. The SMILES string of the molecule is CC(O)NC(C)O.Cc1ccc2c(c1)nnn2C. The lowest BCUT2D eigenvalue weighted by molar-refractivity contribution is 0.0632. The third-order valence-electron chi connectivity index (χ3n) is 2.25. The van der Waals surface area contributed by atoms with Gasteiger partial charge in [-0.1, -0.05) is 11.3 Å². The Kier molecular flexibility index (Phi) is 5.21. The Morgan fingerprint density at radius 2 is 1.83 bits per heavy atom. The molecule has 0 aliphatic heterocycles. The molecule has 100 valence electrons. The number of nitrogens with one attached hydrogen (secondary N) is 1. The molecule has 3 N–H and O–H groups in total. The second-order valence-corrected chi connectivity index (χ2v) is 4.22. The average molecular weight is 252 g/mol. The standard InChI is InChI=1S/C8H9N3.C4H11NO2/c1-6-3-4-8-7(5-6)9-10-11(8)2;1-3(6)5-4(2)7/h3-5H,1-2H3;3-7H,1-2H3. The summed E-state index contributed by atoms with van der Waals surface area (Å²) in [5.74, 6) is 0. The molecule has 1 aromatic heterocycles. The molecule has 0 fully saturated rings. The molecule has 0 spiro atoms. The molecule has 0 saturated heterocycles. The first-order chi connectivity index (χ1) is 8.40. The molecular formula is C12H20N4O2. The molecule has 2 unspecified atom stereocenters. The van der Waals surface area contributed by atoms with Crippen LogP contribution in [0.5, 0.6) is 0 Å². The molecule has 6 nitrogen and oxygen atoms in total. The van der Waals surface area contributed by atoms with Crippen molar-refractivity contribution in [2.24, 2.45) is 7.05 Å². The number of fused-ring (bicyclic) bond motifs is 1.